The number of benzene rings is 3. The molecule has 0 unspecified atom stereocenters. The highest BCUT2D eigenvalue weighted by molar-refractivity contribution is 6.12. The van der Waals surface area contributed by atoms with Crippen molar-refractivity contribution < 1.29 is 57.1 Å². The van der Waals surface area contributed by atoms with E-state index in [9.17, 15) is 9.59 Å². The number of carbonyl (C=O) groups excluding carboxylic acids is 4. The summed E-state index contributed by atoms with van der Waals surface area (Å²) in [6.45, 7) is 40.7. The van der Waals surface area contributed by atoms with Gasteiger partial charge in [-0.25, -0.2) is 0 Å². The molecule has 0 saturated heterocycles. The number of nitrogens with one attached hydrogen (secondary N) is 4. The van der Waals surface area contributed by atoms with Gasteiger partial charge in [0.25, 0.3) is 11.8 Å². The number of hydrogen-bond acceptors (Lipinski definition) is 12. The van der Waals surface area contributed by atoms with Crippen LogP contribution in [0.25, 0.3) is 0 Å². The van der Waals surface area contributed by atoms with Crippen molar-refractivity contribution in [2.45, 2.75) is 547 Å². The van der Waals surface area contributed by atoms with Crippen molar-refractivity contribution in [3.8, 4) is 34.5 Å². The lowest BCUT2D eigenvalue weighted by Gasteiger charge is -2.58. The first-order valence-corrected chi connectivity index (χ1v) is 64.0. The smallest absolute Gasteiger partial charge is 0.259 e. The minimum Gasteiger partial charge on any atom is -0.493 e. The summed E-state index contributed by atoms with van der Waals surface area (Å²) in [6, 6.07) is 10.8. The van der Waals surface area contributed by atoms with Crippen LogP contribution in [-0.4, -0.2) is 88.7 Å². The summed E-state index contributed by atoms with van der Waals surface area (Å²) in [5.41, 5.74) is 6.33. The van der Waals surface area contributed by atoms with E-state index in [1.54, 1.807) is 23.3 Å². The van der Waals surface area contributed by atoms with E-state index in [4.69, 9.17) is 37.9 Å². The van der Waals surface area contributed by atoms with Crippen LogP contribution in [0.1, 0.15) is 555 Å². The topological polar surface area (TPSA) is 190 Å². The van der Waals surface area contributed by atoms with Crippen molar-refractivity contribution in [2.75, 3.05) is 74.1 Å². The second-order valence-electron chi connectivity index (χ2n) is 51.0. The van der Waals surface area contributed by atoms with Gasteiger partial charge in [-0.15, -0.1) is 0 Å². The number of fused-ring (bicyclic) bond motifs is 10. The summed E-state index contributed by atoms with van der Waals surface area (Å²) in [7, 11) is 0. The van der Waals surface area contributed by atoms with Crippen molar-refractivity contribution >= 4 is 46.4 Å². The predicted octanol–water partition coefficient (Wildman–Crippen LogP) is 38.5. The number of ether oxygens (including phenoxy) is 8. The Balaban J connectivity index is 0.887. The molecular weight excluding hydrogens is 1860 g/mol. The van der Waals surface area contributed by atoms with Gasteiger partial charge in [0.1, 0.15) is 47.7 Å². The molecule has 16 atom stereocenters. The van der Waals surface area contributed by atoms with Gasteiger partial charge in [-0.2, -0.15) is 0 Å². The minimum atomic E-state index is -0.484. The maximum Gasteiger partial charge on any atom is 0.259 e. The van der Waals surface area contributed by atoms with E-state index in [1.807, 2.05) is 24.3 Å². The van der Waals surface area contributed by atoms with E-state index in [2.05, 4.69) is 144 Å². The van der Waals surface area contributed by atoms with Crippen LogP contribution in [0.2, 0.25) is 0 Å². The first-order chi connectivity index (χ1) is 72.8. The third kappa shape index (κ3) is 37.5. The summed E-state index contributed by atoms with van der Waals surface area (Å²) in [5, 5.41) is 13.3. The van der Waals surface area contributed by atoms with Crippen molar-refractivity contribution in [3.05, 3.63) is 70.8 Å². The molecule has 11 rings (SSSR count). The number of rotatable bonds is 78. The summed E-state index contributed by atoms with van der Waals surface area (Å²) < 4.78 is 55.0. The Kier molecular flexibility index (Phi) is 54.9. The highest BCUT2D eigenvalue weighted by atomic mass is 16.5. The van der Waals surface area contributed by atoms with Gasteiger partial charge in [0.2, 0.25) is 11.8 Å². The maximum absolute atomic E-state index is 16.2. The van der Waals surface area contributed by atoms with Crippen LogP contribution in [-0.2, 0) is 19.1 Å². The molecule has 0 aliphatic heterocycles. The average Bonchev–Trinajstić information content (AvgIpc) is 1.44. The third-order valence-electron chi connectivity index (χ3n) is 38.7. The number of hydrogen-bond donors (Lipinski definition) is 4. The van der Waals surface area contributed by atoms with E-state index in [0.717, 1.165) is 290 Å². The zero-order valence-corrected chi connectivity index (χ0v) is 98.9. The van der Waals surface area contributed by atoms with Crippen LogP contribution in [0.3, 0.4) is 0 Å². The van der Waals surface area contributed by atoms with Gasteiger partial charge in [-0.3, -0.25) is 19.2 Å². The largest absolute Gasteiger partial charge is 0.493 e. The fourth-order valence-corrected chi connectivity index (χ4v) is 29.7. The van der Waals surface area contributed by atoms with Gasteiger partial charge in [-0.05, 0) is 246 Å². The lowest BCUT2D eigenvalue weighted by atomic mass is 9.47. The molecule has 16 heteroatoms. The molecule has 4 amide bonds. The zero-order valence-electron chi connectivity index (χ0n) is 98.9. The van der Waals surface area contributed by atoms with Crippen molar-refractivity contribution in [1.29, 1.82) is 0 Å². The van der Waals surface area contributed by atoms with Crippen molar-refractivity contribution in [3.63, 3.8) is 0 Å². The Morgan fingerprint density at radius 3 is 0.840 bits per heavy atom. The Morgan fingerprint density at radius 2 is 0.560 bits per heavy atom. The van der Waals surface area contributed by atoms with Gasteiger partial charge in [0, 0.05) is 24.3 Å². The Hall–Kier alpha value is -6.26. The van der Waals surface area contributed by atoms with Crippen LogP contribution in [0, 0.1) is 92.7 Å². The van der Waals surface area contributed by atoms with Gasteiger partial charge in [0.05, 0.1) is 85.7 Å². The summed E-state index contributed by atoms with van der Waals surface area (Å²) in [4.78, 5) is 62.2. The SMILES string of the molecule is CCCCCCCCCCCCOc1cc(C(=O)Nc2cc(OCCCCCCCC)c(NC(=O)CO[C@H]3CC[C@@]4(C)C(=CC[C@H]5[C@@H]6CC[C@H]([C@H](C)CCCC(C)C)[C@@]6(C)CC[C@@H]54)C3)cc2OCCCCCCCC)c(OCCCCCCCCCCCC)cc1C(=O)Nc1cc(OCCCCCCCC)c(NC(=O)CO[C@H]2CC[C@@]3(C)C(=CC[C@H]4[C@@H]5CC[C@H]([C@H](C)CCCC(C)C)[C@@]5(C)CC[C@@H]43)C2)cc1OCCCCCCCC. The number of unbranched alkanes of at least 4 members (excludes halogenated alkanes) is 38. The fraction of sp³-hybridized carbons (Fsp3) is 0.806. The molecule has 8 aliphatic rings. The molecule has 150 heavy (non-hydrogen) atoms. The first kappa shape index (κ1) is 124. The molecular formula is C134H222N4O12. The second-order valence-corrected chi connectivity index (χ2v) is 51.0. The zero-order chi connectivity index (χ0) is 107. The Morgan fingerprint density at radius 1 is 0.293 bits per heavy atom. The van der Waals surface area contributed by atoms with E-state index in [0.29, 0.717) is 108 Å². The van der Waals surface area contributed by atoms with Crippen LogP contribution >= 0.6 is 0 Å². The normalized spacial score (nSPS) is 24.6. The summed E-state index contributed by atoms with van der Waals surface area (Å²) >= 11 is 0. The minimum absolute atomic E-state index is 0.0662. The highest BCUT2D eigenvalue weighted by Crippen LogP contribution is 2.70. The van der Waals surface area contributed by atoms with E-state index in [-0.39, 0.29) is 70.7 Å². The summed E-state index contributed by atoms with van der Waals surface area (Å²) in [5.74, 6) is 9.81. The lowest BCUT2D eigenvalue weighted by molar-refractivity contribution is -0.124. The highest BCUT2D eigenvalue weighted by Gasteiger charge is 2.61. The molecule has 3 aromatic carbocycles. The molecule has 0 spiro atoms. The van der Waals surface area contributed by atoms with Crippen LogP contribution < -0.4 is 49.7 Å². The molecule has 6 saturated carbocycles. The average molecular weight is 2080 g/mol. The molecule has 4 N–H and O–H groups in total. The number of amides is 4. The fourth-order valence-electron chi connectivity index (χ4n) is 29.7. The first-order valence-electron chi connectivity index (χ1n) is 64.0. The molecule has 16 nitrogen and oxygen atoms in total. The van der Waals surface area contributed by atoms with Gasteiger partial charge in [0.15, 0.2) is 0 Å². The predicted molar refractivity (Wildman–Crippen MR) is 628 cm³/mol. The van der Waals surface area contributed by atoms with E-state index in [1.165, 1.54) is 193 Å². The van der Waals surface area contributed by atoms with Crippen LogP contribution in [0.4, 0.5) is 22.7 Å². The number of anilines is 4. The monoisotopic (exact) mass is 2080 g/mol. The Bertz CT molecular complexity index is 4180. The molecule has 850 valence electrons. The van der Waals surface area contributed by atoms with Crippen LogP contribution in [0.15, 0.2) is 59.7 Å². The summed E-state index contributed by atoms with van der Waals surface area (Å²) in [6.07, 6.45) is 80.6. The molecule has 0 bridgehead atoms. The number of allylic oxidation sites excluding steroid dienone is 2. The van der Waals surface area contributed by atoms with E-state index < -0.39 is 11.8 Å². The Labute approximate surface area is 916 Å². The second kappa shape index (κ2) is 66.4. The van der Waals surface area contributed by atoms with Gasteiger partial charge in [-0.1, -0.05) is 417 Å². The van der Waals surface area contributed by atoms with Gasteiger partial charge < -0.3 is 59.2 Å². The lowest BCUT2D eigenvalue weighted by Crippen LogP contribution is -2.51. The molecule has 3 aromatic rings. The molecule has 8 aliphatic carbocycles. The van der Waals surface area contributed by atoms with Crippen molar-refractivity contribution in [2.24, 2.45) is 92.7 Å². The quantitative estimate of drug-likeness (QED) is 0.0309. The van der Waals surface area contributed by atoms with E-state index >= 15 is 9.59 Å². The standard InChI is InChI=1S/C134H222N4O12/c1-17-23-29-35-41-43-45-47-53-55-83-143-121-91-110(130(142)138-120-96-124(146-86-58-50-38-32-26-20-4)118(94-126(120)148-88-60-52-40-34-28-22-6)136-128(140)98-150-106-76-80-132(14)104(90-106)68-70-108-114-74-72-112(102(12)66-62-64-100(9)10)134(114,16)82-78-116(108)132)122(144-84-56-54-48-46-44-42-36-30-24-18-2)92-109(121)129(141)137-119-95-123(145-85-57-49-37-31-25-19-3)117(93-125(119)147-87-59-51-39-33-27-21-5)135-127(139)97-149-105-75-79-131(13)103(89-105)67-69-107-113-73-71-111(101(11)65-61-63-99(7)8)133(113,15)81-77-115(107)131/h67-68,91-96,99-102,105-108,111-116H,17-66,69-90,97-98H2,1-16H3,(H,135,139)(H,136,140)(H,137,141)(H,138,142)/t101-,102-,105+,106+,107+,108+,111-,112-,113+,114+,115+,116+,131+,132+,133-,134-/m1/s1. The molecule has 6 fully saturated rings. The third-order valence-corrected chi connectivity index (χ3v) is 38.7. The molecule has 0 radical (unpaired) electrons. The molecule has 0 heterocycles. The molecule has 0 aromatic heterocycles. The van der Waals surface area contributed by atoms with Crippen molar-refractivity contribution in [1.82, 2.24) is 0 Å². The van der Waals surface area contributed by atoms with Crippen LogP contribution in [0.5, 0.6) is 34.5 Å². The number of carbonyl (C=O) groups is 4. The maximum atomic E-state index is 16.2. The van der Waals surface area contributed by atoms with Gasteiger partial charge >= 0.3 is 0 Å².